The van der Waals surface area contributed by atoms with Gasteiger partial charge in [0.25, 0.3) is 0 Å². The molecule has 21 heavy (non-hydrogen) atoms. The minimum Gasteiger partial charge on any atom is -0.394 e. The van der Waals surface area contributed by atoms with Crippen molar-refractivity contribution in [2.24, 2.45) is 7.05 Å². The van der Waals surface area contributed by atoms with Gasteiger partial charge in [-0.3, -0.25) is 0 Å². The summed E-state index contributed by atoms with van der Waals surface area (Å²) in [6.45, 7) is 2.09. The van der Waals surface area contributed by atoms with E-state index in [4.69, 9.17) is 0 Å². The van der Waals surface area contributed by atoms with E-state index in [-0.39, 0.29) is 12.6 Å². The van der Waals surface area contributed by atoms with Crippen LogP contribution in [0.25, 0.3) is 11.2 Å². The van der Waals surface area contributed by atoms with E-state index < -0.39 is 0 Å². The van der Waals surface area contributed by atoms with Gasteiger partial charge in [-0.15, -0.1) is 0 Å². The first-order chi connectivity index (χ1) is 10.1. The fourth-order valence-corrected chi connectivity index (χ4v) is 2.40. The van der Waals surface area contributed by atoms with Gasteiger partial charge in [-0.25, -0.2) is 4.98 Å². The zero-order valence-electron chi connectivity index (χ0n) is 12.7. The molecule has 2 N–H and O–H groups in total. The lowest BCUT2D eigenvalue weighted by atomic mass is 10.2. The largest absolute Gasteiger partial charge is 0.394 e. The average molecular weight is 290 g/mol. The molecular formula is C14H22N6O. The molecular weight excluding hydrogens is 268 g/mol. The number of aryl methyl sites for hydroxylation is 1. The van der Waals surface area contributed by atoms with Crippen LogP contribution >= 0.6 is 0 Å². The van der Waals surface area contributed by atoms with Gasteiger partial charge in [0.15, 0.2) is 17.0 Å². The number of aromatic nitrogens is 4. The zero-order chi connectivity index (χ0) is 15.0. The predicted octanol–water partition coefficient (Wildman–Crippen LogP) is 1.14. The van der Waals surface area contributed by atoms with Crippen molar-refractivity contribution in [2.75, 3.05) is 23.9 Å². The molecule has 7 heteroatoms. The second-order valence-corrected chi connectivity index (χ2v) is 5.67. The van der Waals surface area contributed by atoms with Crippen LogP contribution in [0.15, 0.2) is 6.33 Å². The summed E-state index contributed by atoms with van der Waals surface area (Å²) >= 11 is 0. The second kappa shape index (κ2) is 5.48. The van der Waals surface area contributed by atoms with Crippen LogP contribution in [0.4, 0.5) is 11.8 Å². The first kappa shape index (κ1) is 14.1. The maximum atomic E-state index is 9.35. The number of anilines is 2. The number of fused-ring (bicyclic) bond motifs is 1. The van der Waals surface area contributed by atoms with Crippen LogP contribution in [0.3, 0.4) is 0 Å². The molecule has 2 aromatic heterocycles. The SMILES string of the molecule is CC[C@H](CO)Nc1nc(N(C)C2CC2)c2ncn(C)c2n1. The van der Waals surface area contributed by atoms with Crippen LogP contribution in [-0.2, 0) is 7.05 Å². The minimum atomic E-state index is -0.0326. The molecule has 0 spiro atoms. The molecule has 114 valence electrons. The Morgan fingerprint density at radius 3 is 2.86 bits per heavy atom. The van der Waals surface area contributed by atoms with Crippen LogP contribution in [0.5, 0.6) is 0 Å². The Balaban J connectivity index is 2.02. The molecule has 1 aliphatic rings. The van der Waals surface area contributed by atoms with Gasteiger partial charge < -0.3 is 19.9 Å². The summed E-state index contributed by atoms with van der Waals surface area (Å²) in [6, 6.07) is 0.521. The molecule has 1 aliphatic carbocycles. The molecule has 1 fully saturated rings. The molecule has 0 amide bonds. The summed E-state index contributed by atoms with van der Waals surface area (Å²) in [4.78, 5) is 15.8. The molecule has 2 aromatic rings. The molecule has 0 radical (unpaired) electrons. The van der Waals surface area contributed by atoms with Gasteiger partial charge in [-0.2, -0.15) is 9.97 Å². The number of hydrogen-bond acceptors (Lipinski definition) is 6. The maximum absolute atomic E-state index is 9.35. The number of hydrogen-bond donors (Lipinski definition) is 2. The fourth-order valence-electron chi connectivity index (χ4n) is 2.40. The molecule has 0 aromatic carbocycles. The molecule has 3 rings (SSSR count). The molecule has 0 saturated heterocycles. The number of imidazole rings is 1. The van der Waals surface area contributed by atoms with E-state index in [0.717, 1.165) is 23.4 Å². The molecule has 1 atom stereocenters. The van der Waals surface area contributed by atoms with Crippen molar-refractivity contribution < 1.29 is 5.11 Å². The van der Waals surface area contributed by atoms with Crippen molar-refractivity contribution in [3.05, 3.63) is 6.33 Å². The summed E-state index contributed by atoms with van der Waals surface area (Å²) in [7, 11) is 3.98. The fraction of sp³-hybridized carbons (Fsp3) is 0.643. The normalized spacial score (nSPS) is 16.2. The summed E-state index contributed by atoms with van der Waals surface area (Å²) in [5.74, 6) is 1.41. The monoisotopic (exact) mass is 290 g/mol. The molecule has 7 nitrogen and oxygen atoms in total. The number of nitrogens with zero attached hydrogens (tertiary/aromatic N) is 5. The van der Waals surface area contributed by atoms with Crippen LogP contribution in [0, 0.1) is 0 Å². The third-order valence-electron chi connectivity index (χ3n) is 4.02. The smallest absolute Gasteiger partial charge is 0.227 e. The quantitative estimate of drug-likeness (QED) is 0.830. The Hall–Kier alpha value is -1.89. The summed E-state index contributed by atoms with van der Waals surface area (Å²) in [6.07, 6.45) is 4.98. The minimum absolute atomic E-state index is 0.0326. The zero-order valence-corrected chi connectivity index (χ0v) is 12.7. The van der Waals surface area contributed by atoms with Gasteiger partial charge in [-0.05, 0) is 19.3 Å². The second-order valence-electron chi connectivity index (χ2n) is 5.67. The van der Waals surface area contributed by atoms with E-state index in [9.17, 15) is 5.11 Å². The van der Waals surface area contributed by atoms with E-state index >= 15 is 0 Å². The lowest BCUT2D eigenvalue weighted by Gasteiger charge is -2.20. The van der Waals surface area contributed by atoms with Crippen LogP contribution in [-0.4, -0.2) is 50.4 Å². The first-order valence-electron chi connectivity index (χ1n) is 7.43. The lowest BCUT2D eigenvalue weighted by molar-refractivity contribution is 0.271. The van der Waals surface area contributed by atoms with Crippen LogP contribution in [0.2, 0.25) is 0 Å². The molecule has 0 aliphatic heterocycles. The topological polar surface area (TPSA) is 79.1 Å². The molecule has 2 heterocycles. The Morgan fingerprint density at radius 1 is 1.48 bits per heavy atom. The third-order valence-corrected chi connectivity index (χ3v) is 4.02. The van der Waals surface area contributed by atoms with Crippen molar-refractivity contribution in [2.45, 2.75) is 38.3 Å². The van der Waals surface area contributed by atoms with Crippen molar-refractivity contribution >= 4 is 22.9 Å². The lowest BCUT2D eigenvalue weighted by Crippen LogP contribution is -2.26. The highest BCUT2D eigenvalue weighted by atomic mass is 16.3. The van der Waals surface area contributed by atoms with Gasteiger partial charge >= 0.3 is 0 Å². The van der Waals surface area contributed by atoms with E-state index in [1.54, 1.807) is 6.33 Å². The summed E-state index contributed by atoms with van der Waals surface area (Å²) in [5.41, 5.74) is 1.64. The van der Waals surface area contributed by atoms with Gasteiger partial charge in [0, 0.05) is 20.1 Å². The Bertz CT molecular complexity index is 632. The third kappa shape index (κ3) is 2.65. The Labute approximate surface area is 124 Å². The van der Waals surface area contributed by atoms with Gasteiger partial charge in [-0.1, -0.05) is 6.92 Å². The van der Waals surface area contributed by atoms with E-state index in [2.05, 4.69) is 32.2 Å². The number of aliphatic hydroxyl groups excluding tert-OH is 1. The predicted molar refractivity (Wildman–Crippen MR) is 82.5 cm³/mol. The Kier molecular flexibility index (Phi) is 3.67. The number of nitrogens with one attached hydrogen (secondary N) is 1. The van der Waals surface area contributed by atoms with Gasteiger partial charge in [0.1, 0.15) is 0 Å². The highest BCUT2D eigenvalue weighted by molar-refractivity contribution is 5.85. The van der Waals surface area contributed by atoms with Crippen molar-refractivity contribution in [1.29, 1.82) is 0 Å². The van der Waals surface area contributed by atoms with E-state index in [0.29, 0.717) is 12.0 Å². The van der Waals surface area contributed by atoms with Crippen LogP contribution < -0.4 is 10.2 Å². The molecule has 1 saturated carbocycles. The van der Waals surface area contributed by atoms with Crippen LogP contribution in [0.1, 0.15) is 26.2 Å². The van der Waals surface area contributed by atoms with Crippen molar-refractivity contribution in [1.82, 2.24) is 19.5 Å². The van der Waals surface area contributed by atoms with E-state index in [1.165, 1.54) is 12.8 Å². The first-order valence-corrected chi connectivity index (χ1v) is 7.43. The highest BCUT2D eigenvalue weighted by Gasteiger charge is 2.29. The standard InChI is InChI=1S/C14H22N6O/c1-4-9(7-21)16-14-17-12-11(15-8-19(12)2)13(18-14)20(3)10-5-6-10/h8-10,21H,4-7H2,1-3H3,(H,16,17,18)/t9-/m1/s1. The number of aliphatic hydroxyl groups is 1. The summed E-state index contributed by atoms with van der Waals surface area (Å²) < 4.78 is 1.90. The Morgan fingerprint density at radius 2 is 2.24 bits per heavy atom. The highest BCUT2D eigenvalue weighted by Crippen LogP contribution is 2.32. The van der Waals surface area contributed by atoms with Crippen molar-refractivity contribution in [3.63, 3.8) is 0 Å². The van der Waals surface area contributed by atoms with Crippen molar-refractivity contribution in [3.8, 4) is 0 Å². The average Bonchev–Trinajstić information content (AvgIpc) is 3.28. The van der Waals surface area contributed by atoms with Gasteiger partial charge in [0.05, 0.1) is 19.0 Å². The van der Waals surface area contributed by atoms with Gasteiger partial charge in [0.2, 0.25) is 5.95 Å². The maximum Gasteiger partial charge on any atom is 0.227 e. The van der Waals surface area contributed by atoms with E-state index in [1.807, 2.05) is 18.5 Å². The number of rotatable bonds is 6. The molecule has 0 unspecified atom stereocenters. The molecule has 0 bridgehead atoms. The summed E-state index contributed by atoms with van der Waals surface area (Å²) in [5, 5.41) is 12.5.